The number of nitrogens with two attached hydrogens (primary N) is 1. The molecule has 0 aliphatic heterocycles. The molecule has 0 amide bonds. The maximum Gasteiger partial charge on any atom is 0.143 e. The molecule has 0 atom stereocenters. The molecule has 4 nitrogen and oxygen atoms in total. The molecule has 2 heterocycles. The van der Waals surface area contributed by atoms with Gasteiger partial charge in [0.05, 0.1) is 11.1 Å². The van der Waals surface area contributed by atoms with E-state index in [4.69, 9.17) is 5.73 Å². The van der Waals surface area contributed by atoms with Crippen LogP contribution in [0.25, 0.3) is 11.0 Å². The summed E-state index contributed by atoms with van der Waals surface area (Å²) in [6.07, 6.45) is 1.43. The molecule has 3 N–H and O–H groups in total. The summed E-state index contributed by atoms with van der Waals surface area (Å²) >= 11 is 0. The second-order valence-corrected chi connectivity index (χ2v) is 3.82. The second kappa shape index (κ2) is 4.22. The van der Waals surface area contributed by atoms with Gasteiger partial charge in [0.15, 0.2) is 0 Å². The van der Waals surface area contributed by atoms with E-state index in [1.165, 1.54) is 6.33 Å². The summed E-state index contributed by atoms with van der Waals surface area (Å²) in [7, 11) is 0. The number of benzene rings is 1. The van der Waals surface area contributed by atoms with Gasteiger partial charge in [-0.05, 0) is 24.1 Å². The average Bonchev–Trinajstić information content (AvgIpc) is 2.82. The SMILES string of the molecule is Nc1ncnc2[nH]c(C#Cc3ccccc3)cc12. The van der Waals surface area contributed by atoms with Crippen LogP contribution in [0, 0.1) is 11.8 Å². The zero-order valence-electron chi connectivity index (χ0n) is 9.51. The van der Waals surface area contributed by atoms with Crippen LogP contribution in [0.5, 0.6) is 0 Å². The molecule has 0 unspecified atom stereocenters. The molecule has 2 aromatic heterocycles. The van der Waals surface area contributed by atoms with Crippen molar-refractivity contribution in [2.24, 2.45) is 0 Å². The Hall–Kier alpha value is -2.80. The minimum atomic E-state index is 0.462. The van der Waals surface area contributed by atoms with Crippen molar-refractivity contribution in [3.63, 3.8) is 0 Å². The lowest BCUT2D eigenvalue weighted by molar-refractivity contribution is 1.20. The molecule has 0 fully saturated rings. The highest BCUT2D eigenvalue weighted by molar-refractivity contribution is 5.87. The first-order valence-electron chi connectivity index (χ1n) is 5.49. The van der Waals surface area contributed by atoms with Crippen LogP contribution in [-0.2, 0) is 0 Å². The van der Waals surface area contributed by atoms with Crippen molar-refractivity contribution in [3.05, 3.63) is 54.0 Å². The Balaban J connectivity index is 2.02. The van der Waals surface area contributed by atoms with Crippen LogP contribution < -0.4 is 5.73 Å². The fraction of sp³-hybridized carbons (Fsp3) is 0. The quantitative estimate of drug-likeness (QED) is 0.584. The topological polar surface area (TPSA) is 67.6 Å². The van der Waals surface area contributed by atoms with Crippen LogP contribution in [-0.4, -0.2) is 15.0 Å². The van der Waals surface area contributed by atoms with Crippen molar-refractivity contribution in [2.45, 2.75) is 0 Å². The highest BCUT2D eigenvalue weighted by atomic mass is 15.0. The van der Waals surface area contributed by atoms with Crippen molar-refractivity contribution in [2.75, 3.05) is 5.73 Å². The molecular formula is C14H10N4. The third kappa shape index (κ3) is 1.89. The minimum absolute atomic E-state index is 0.462. The molecule has 3 rings (SSSR count). The third-order valence-electron chi connectivity index (χ3n) is 2.57. The van der Waals surface area contributed by atoms with E-state index >= 15 is 0 Å². The molecule has 86 valence electrons. The number of nitrogens with zero attached hydrogens (tertiary/aromatic N) is 2. The van der Waals surface area contributed by atoms with E-state index in [9.17, 15) is 0 Å². The number of nitrogen functional groups attached to an aromatic ring is 1. The Morgan fingerprint density at radius 2 is 1.89 bits per heavy atom. The van der Waals surface area contributed by atoms with Gasteiger partial charge in [-0.3, -0.25) is 0 Å². The summed E-state index contributed by atoms with van der Waals surface area (Å²) in [6, 6.07) is 11.7. The lowest BCUT2D eigenvalue weighted by atomic mass is 10.2. The summed E-state index contributed by atoms with van der Waals surface area (Å²) in [6.45, 7) is 0. The van der Waals surface area contributed by atoms with Gasteiger partial charge >= 0.3 is 0 Å². The normalized spacial score (nSPS) is 10.0. The smallest absolute Gasteiger partial charge is 0.143 e. The van der Waals surface area contributed by atoms with Gasteiger partial charge in [-0.15, -0.1) is 0 Å². The van der Waals surface area contributed by atoms with Gasteiger partial charge in [-0.25, -0.2) is 9.97 Å². The van der Waals surface area contributed by atoms with Gasteiger partial charge in [0, 0.05) is 5.56 Å². The number of aromatic nitrogens is 3. The van der Waals surface area contributed by atoms with Crippen molar-refractivity contribution >= 4 is 16.9 Å². The standard InChI is InChI=1S/C14H10N4/c15-13-12-8-11(18-14(12)17-9-16-13)7-6-10-4-2-1-3-5-10/h1-5,8-9H,(H3,15,16,17,18). The van der Waals surface area contributed by atoms with E-state index in [2.05, 4.69) is 26.8 Å². The first-order valence-corrected chi connectivity index (χ1v) is 5.49. The van der Waals surface area contributed by atoms with Gasteiger partial charge in [-0.2, -0.15) is 0 Å². The summed E-state index contributed by atoms with van der Waals surface area (Å²) in [4.78, 5) is 11.1. The summed E-state index contributed by atoms with van der Waals surface area (Å²) < 4.78 is 0. The van der Waals surface area contributed by atoms with E-state index in [0.717, 1.165) is 16.6 Å². The third-order valence-corrected chi connectivity index (χ3v) is 2.57. The predicted octanol–water partition coefficient (Wildman–Crippen LogP) is 1.94. The molecule has 0 bridgehead atoms. The monoisotopic (exact) mass is 234 g/mol. The van der Waals surface area contributed by atoms with E-state index in [-0.39, 0.29) is 0 Å². The van der Waals surface area contributed by atoms with Crippen molar-refractivity contribution in [1.82, 2.24) is 15.0 Å². The van der Waals surface area contributed by atoms with Gasteiger partial charge in [0.1, 0.15) is 17.8 Å². The Bertz CT molecular complexity index is 748. The lowest BCUT2D eigenvalue weighted by Gasteiger charge is -1.90. The Labute approximate surface area is 104 Å². The molecule has 3 aromatic rings. The molecule has 0 spiro atoms. The van der Waals surface area contributed by atoms with Crippen LogP contribution in [0.4, 0.5) is 5.82 Å². The Kier molecular flexibility index (Phi) is 2.43. The molecule has 0 saturated heterocycles. The van der Waals surface area contributed by atoms with Crippen molar-refractivity contribution < 1.29 is 0 Å². The number of aromatic amines is 1. The van der Waals surface area contributed by atoms with Crippen LogP contribution in [0.15, 0.2) is 42.7 Å². The zero-order valence-corrected chi connectivity index (χ0v) is 9.51. The molecule has 0 radical (unpaired) electrons. The molecule has 0 saturated carbocycles. The summed E-state index contributed by atoms with van der Waals surface area (Å²) in [5.41, 5.74) is 8.21. The maximum absolute atomic E-state index is 5.76. The molecule has 18 heavy (non-hydrogen) atoms. The highest BCUT2D eigenvalue weighted by Gasteiger charge is 2.03. The summed E-state index contributed by atoms with van der Waals surface area (Å²) in [5.74, 6) is 6.58. The van der Waals surface area contributed by atoms with E-state index in [1.54, 1.807) is 0 Å². The average molecular weight is 234 g/mol. The van der Waals surface area contributed by atoms with Gasteiger partial charge in [-0.1, -0.05) is 24.1 Å². The van der Waals surface area contributed by atoms with Crippen molar-refractivity contribution in [3.8, 4) is 11.8 Å². The van der Waals surface area contributed by atoms with E-state index < -0.39 is 0 Å². The first-order chi connectivity index (χ1) is 8.83. The van der Waals surface area contributed by atoms with E-state index in [0.29, 0.717) is 11.5 Å². The number of H-pyrrole nitrogens is 1. The molecule has 4 heteroatoms. The summed E-state index contributed by atoms with van der Waals surface area (Å²) in [5, 5.41) is 0.801. The highest BCUT2D eigenvalue weighted by Crippen LogP contribution is 2.16. The lowest BCUT2D eigenvalue weighted by Crippen LogP contribution is -1.90. The predicted molar refractivity (Wildman–Crippen MR) is 70.7 cm³/mol. The fourth-order valence-electron chi connectivity index (χ4n) is 1.69. The largest absolute Gasteiger partial charge is 0.383 e. The maximum atomic E-state index is 5.76. The van der Waals surface area contributed by atoms with Crippen LogP contribution in [0.2, 0.25) is 0 Å². The molecular weight excluding hydrogens is 224 g/mol. The second-order valence-electron chi connectivity index (χ2n) is 3.82. The molecule has 0 aliphatic rings. The number of hydrogen-bond donors (Lipinski definition) is 2. The number of rotatable bonds is 0. The van der Waals surface area contributed by atoms with E-state index in [1.807, 2.05) is 36.4 Å². The Morgan fingerprint density at radius 1 is 1.06 bits per heavy atom. The Morgan fingerprint density at radius 3 is 2.67 bits per heavy atom. The van der Waals surface area contributed by atoms with Crippen LogP contribution in [0.1, 0.15) is 11.3 Å². The number of nitrogens with one attached hydrogen (secondary N) is 1. The molecule has 1 aromatic carbocycles. The number of hydrogen-bond acceptors (Lipinski definition) is 3. The first kappa shape index (κ1) is 10.4. The fourth-order valence-corrected chi connectivity index (χ4v) is 1.69. The number of anilines is 1. The zero-order chi connectivity index (χ0) is 12.4. The molecule has 0 aliphatic carbocycles. The van der Waals surface area contributed by atoms with Gasteiger partial charge in [0.25, 0.3) is 0 Å². The number of fused-ring (bicyclic) bond motifs is 1. The van der Waals surface area contributed by atoms with Crippen LogP contribution >= 0.6 is 0 Å². The van der Waals surface area contributed by atoms with Gasteiger partial charge < -0.3 is 10.7 Å². The van der Waals surface area contributed by atoms with Crippen LogP contribution in [0.3, 0.4) is 0 Å². The minimum Gasteiger partial charge on any atom is -0.383 e. The van der Waals surface area contributed by atoms with Crippen molar-refractivity contribution in [1.29, 1.82) is 0 Å². The van der Waals surface area contributed by atoms with Gasteiger partial charge in [0.2, 0.25) is 0 Å².